The third-order valence-corrected chi connectivity index (χ3v) is 4.04. The Labute approximate surface area is 117 Å². The van der Waals surface area contributed by atoms with Gasteiger partial charge in [0.1, 0.15) is 0 Å². The lowest BCUT2D eigenvalue weighted by Gasteiger charge is -2.25. The van der Waals surface area contributed by atoms with E-state index in [2.05, 4.69) is 21.2 Å². The number of carbonyl (C=O) groups excluding carboxylic acids is 1. The third-order valence-electron chi connectivity index (χ3n) is 3.51. The number of hydrogen-bond donors (Lipinski definition) is 1. The number of nitrogens with one attached hydrogen (secondary N) is 1. The van der Waals surface area contributed by atoms with E-state index >= 15 is 0 Å². The van der Waals surface area contributed by atoms with Gasteiger partial charge in [-0.15, -0.1) is 0 Å². The minimum atomic E-state index is 0.212. The molecule has 18 heavy (non-hydrogen) atoms. The molecule has 0 saturated carbocycles. The molecular formula is C14H19BrN2O. The minimum absolute atomic E-state index is 0.212. The van der Waals surface area contributed by atoms with E-state index in [1.54, 1.807) is 4.90 Å². The van der Waals surface area contributed by atoms with Gasteiger partial charge in [0, 0.05) is 23.6 Å². The number of halogens is 1. The molecular weight excluding hydrogens is 292 g/mol. The summed E-state index contributed by atoms with van der Waals surface area (Å²) in [6, 6.07) is 7.85. The van der Waals surface area contributed by atoms with Gasteiger partial charge >= 0.3 is 0 Å². The molecule has 0 unspecified atom stereocenters. The lowest BCUT2D eigenvalue weighted by atomic mass is 9.94. The van der Waals surface area contributed by atoms with Crippen LogP contribution in [0.5, 0.6) is 0 Å². The third kappa shape index (κ3) is 3.56. The maximum atomic E-state index is 12.2. The molecule has 0 bridgehead atoms. The van der Waals surface area contributed by atoms with Crippen LogP contribution in [0.2, 0.25) is 0 Å². The number of nitrogens with zero attached hydrogens (tertiary/aromatic N) is 1. The standard InChI is InChI=1S/C14H19BrN2O/c1-17(13-4-2-12(15)3-5-13)14(18)10-11-6-8-16-9-7-11/h2-5,11,16H,6-10H2,1H3. The minimum Gasteiger partial charge on any atom is -0.317 e. The summed E-state index contributed by atoms with van der Waals surface area (Å²) in [5.74, 6) is 0.751. The summed E-state index contributed by atoms with van der Waals surface area (Å²) in [6.07, 6.45) is 2.88. The number of rotatable bonds is 3. The molecule has 98 valence electrons. The first-order valence-corrected chi connectivity index (χ1v) is 7.19. The van der Waals surface area contributed by atoms with Gasteiger partial charge in [-0.3, -0.25) is 4.79 Å². The van der Waals surface area contributed by atoms with Crippen LogP contribution < -0.4 is 10.2 Å². The van der Waals surface area contributed by atoms with Crippen LogP contribution in [0.1, 0.15) is 19.3 Å². The molecule has 1 heterocycles. The van der Waals surface area contributed by atoms with Crippen LogP contribution in [0, 0.1) is 5.92 Å². The van der Waals surface area contributed by atoms with Crippen LogP contribution in [0.3, 0.4) is 0 Å². The Kier molecular flexibility index (Phi) is 4.78. The molecule has 2 rings (SSSR count). The first-order chi connectivity index (χ1) is 8.66. The fourth-order valence-electron chi connectivity index (χ4n) is 2.28. The zero-order valence-corrected chi connectivity index (χ0v) is 12.2. The van der Waals surface area contributed by atoms with Gasteiger partial charge in [0.25, 0.3) is 0 Å². The van der Waals surface area contributed by atoms with Crippen molar-refractivity contribution in [3.8, 4) is 0 Å². The topological polar surface area (TPSA) is 32.3 Å². The quantitative estimate of drug-likeness (QED) is 0.931. The van der Waals surface area contributed by atoms with Crippen LogP contribution in [-0.2, 0) is 4.79 Å². The second-order valence-electron chi connectivity index (χ2n) is 4.83. The zero-order chi connectivity index (χ0) is 13.0. The highest BCUT2D eigenvalue weighted by atomic mass is 79.9. The van der Waals surface area contributed by atoms with E-state index in [0.717, 1.165) is 36.1 Å². The van der Waals surface area contributed by atoms with Crippen molar-refractivity contribution in [1.29, 1.82) is 0 Å². The SMILES string of the molecule is CN(C(=O)CC1CCNCC1)c1ccc(Br)cc1. The van der Waals surface area contributed by atoms with E-state index in [1.165, 1.54) is 0 Å². The van der Waals surface area contributed by atoms with Crippen LogP contribution in [0.4, 0.5) is 5.69 Å². The average molecular weight is 311 g/mol. The summed E-state index contributed by atoms with van der Waals surface area (Å²) in [5.41, 5.74) is 0.956. The number of amides is 1. The molecule has 1 N–H and O–H groups in total. The summed E-state index contributed by atoms with van der Waals surface area (Å²) in [7, 11) is 1.85. The van der Waals surface area contributed by atoms with Gasteiger partial charge in [-0.1, -0.05) is 15.9 Å². The monoisotopic (exact) mass is 310 g/mol. The van der Waals surface area contributed by atoms with Crippen LogP contribution in [-0.4, -0.2) is 26.0 Å². The second kappa shape index (κ2) is 6.34. The van der Waals surface area contributed by atoms with Crippen molar-refractivity contribution in [2.45, 2.75) is 19.3 Å². The molecule has 1 amide bonds. The summed E-state index contributed by atoms with van der Waals surface area (Å²) >= 11 is 3.40. The van der Waals surface area contributed by atoms with Gasteiger partial charge in [0.05, 0.1) is 0 Å². The van der Waals surface area contributed by atoms with Crippen LogP contribution in [0.25, 0.3) is 0 Å². The Morgan fingerprint density at radius 1 is 1.33 bits per heavy atom. The average Bonchev–Trinajstić information content (AvgIpc) is 2.40. The number of piperidine rings is 1. The maximum absolute atomic E-state index is 12.2. The molecule has 0 spiro atoms. The molecule has 3 nitrogen and oxygen atoms in total. The predicted octanol–water partition coefficient (Wildman–Crippen LogP) is 2.80. The first-order valence-electron chi connectivity index (χ1n) is 6.39. The highest BCUT2D eigenvalue weighted by Crippen LogP contribution is 2.21. The fourth-order valence-corrected chi connectivity index (χ4v) is 2.54. The largest absolute Gasteiger partial charge is 0.317 e. The molecule has 1 aromatic rings. The molecule has 4 heteroatoms. The van der Waals surface area contributed by atoms with Crippen molar-refractivity contribution < 1.29 is 4.79 Å². The predicted molar refractivity (Wildman–Crippen MR) is 77.8 cm³/mol. The Bertz CT molecular complexity index is 399. The zero-order valence-electron chi connectivity index (χ0n) is 10.7. The molecule has 0 aromatic heterocycles. The van der Waals surface area contributed by atoms with Crippen molar-refractivity contribution in [3.63, 3.8) is 0 Å². The number of hydrogen-bond acceptors (Lipinski definition) is 2. The van der Waals surface area contributed by atoms with Crippen LogP contribution >= 0.6 is 15.9 Å². The Morgan fingerprint density at radius 2 is 1.94 bits per heavy atom. The number of anilines is 1. The van der Waals surface area contributed by atoms with E-state index in [1.807, 2.05) is 31.3 Å². The van der Waals surface area contributed by atoms with E-state index < -0.39 is 0 Å². The summed E-state index contributed by atoms with van der Waals surface area (Å²) in [4.78, 5) is 13.9. The number of benzene rings is 1. The van der Waals surface area contributed by atoms with Gasteiger partial charge in [0.15, 0.2) is 0 Å². The molecule has 1 fully saturated rings. The van der Waals surface area contributed by atoms with Crippen molar-refractivity contribution in [2.24, 2.45) is 5.92 Å². The molecule has 1 saturated heterocycles. The second-order valence-corrected chi connectivity index (χ2v) is 5.74. The van der Waals surface area contributed by atoms with Crippen molar-refractivity contribution in [3.05, 3.63) is 28.7 Å². The van der Waals surface area contributed by atoms with Gasteiger partial charge in [-0.25, -0.2) is 0 Å². The molecule has 0 radical (unpaired) electrons. The normalized spacial score (nSPS) is 16.6. The maximum Gasteiger partial charge on any atom is 0.226 e. The molecule has 0 atom stereocenters. The summed E-state index contributed by atoms with van der Waals surface area (Å²) in [6.45, 7) is 2.08. The van der Waals surface area contributed by atoms with Crippen LogP contribution in [0.15, 0.2) is 28.7 Å². The van der Waals surface area contributed by atoms with Crippen molar-refractivity contribution >= 4 is 27.5 Å². The van der Waals surface area contributed by atoms with Crippen molar-refractivity contribution in [2.75, 3.05) is 25.0 Å². The van der Waals surface area contributed by atoms with Gasteiger partial charge in [0.2, 0.25) is 5.91 Å². The lowest BCUT2D eigenvalue weighted by molar-refractivity contribution is -0.119. The summed E-state index contributed by atoms with van der Waals surface area (Å²) < 4.78 is 1.03. The highest BCUT2D eigenvalue weighted by Gasteiger charge is 2.19. The Hall–Kier alpha value is -0.870. The first kappa shape index (κ1) is 13.6. The van der Waals surface area contributed by atoms with Gasteiger partial charge in [-0.2, -0.15) is 0 Å². The fraction of sp³-hybridized carbons (Fsp3) is 0.500. The molecule has 1 aromatic carbocycles. The Balaban J connectivity index is 1.93. The molecule has 0 aliphatic carbocycles. The summed E-state index contributed by atoms with van der Waals surface area (Å²) in [5, 5.41) is 3.32. The van der Waals surface area contributed by atoms with Gasteiger partial charge in [-0.05, 0) is 56.1 Å². The van der Waals surface area contributed by atoms with Gasteiger partial charge < -0.3 is 10.2 Å². The highest BCUT2D eigenvalue weighted by molar-refractivity contribution is 9.10. The Morgan fingerprint density at radius 3 is 2.56 bits per heavy atom. The van der Waals surface area contributed by atoms with E-state index in [4.69, 9.17) is 0 Å². The van der Waals surface area contributed by atoms with E-state index in [-0.39, 0.29) is 5.91 Å². The lowest BCUT2D eigenvalue weighted by Crippen LogP contribution is -2.33. The molecule has 1 aliphatic rings. The smallest absolute Gasteiger partial charge is 0.226 e. The molecule has 1 aliphatic heterocycles. The van der Waals surface area contributed by atoms with E-state index in [9.17, 15) is 4.79 Å². The number of carbonyl (C=O) groups is 1. The van der Waals surface area contributed by atoms with Crippen molar-refractivity contribution in [1.82, 2.24) is 5.32 Å². The van der Waals surface area contributed by atoms with E-state index in [0.29, 0.717) is 12.3 Å².